The fourth-order valence-electron chi connectivity index (χ4n) is 2.60. The largest absolute Gasteiger partial charge is 0.338 e. The highest BCUT2D eigenvalue weighted by Crippen LogP contribution is 2.22. The van der Waals surface area contributed by atoms with Crippen LogP contribution in [0.15, 0.2) is 24.4 Å². The highest BCUT2D eigenvalue weighted by molar-refractivity contribution is 5.97. The number of fused-ring (bicyclic) bond motifs is 1. The van der Waals surface area contributed by atoms with Crippen molar-refractivity contribution < 1.29 is 4.79 Å². The van der Waals surface area contributed by atoms with Gasteiger partial charge >= 0.3 is 0 Å². The minimum Gasteiger partial charge on any atom is -0.338 e. The van der Waals surface area contributed by atoms with Crippen molar-refractivity contribution >= 4 is 16.8 Å². The summed E-state index contributed by atoms with van der Waals surface area (Å²) in [4.78, 5) is 14.3. The molecule has 1 saturated heterocycles. The van der Waals surface area contributed by atoms with E-state index in [1.807, 2.05) is 23.1 Å². The number of likely N-dealkylation sites (tertiary alicyclic amines) is 1. The van der Waals surface area contributed by atoms with Crippen LogP contribution in [-0.2, 0) is 0 Å². The van der Waals surface area contributed by atoms with Gasteiger partial charge in [0.25, 0.3) is 5.91 Å². The van der Waals surface area contributed by atoms with Gasteiger partial charge in [0.05, 0.1) is 11.7 Å². The topological polar surface area (TPSA) is 49.0 Å². The van der Waals surface area contributed by atoms with Crippen LogP contribution in [0, 0.1) is 5.92 Å². The van der Waals surface area contributed by atoms with Crippen LogP contribution in [0.3, 0.4) is 0 Å². The second kappa shape index (κ2) is 4.44. The van der Waals surface area contributed by atoms with Gasteiger partial charge in [0.2, 0.25) is 0 Å². The predicted molar refractivity (Wildman–Crippen MR) is 70.4 cm³/mol. The van der Waals surface area contributed by atoms with Crippen LogP contribution >= 0.6 is 0 Å². The summed E-state index contributed by atoms with van der Waals surface area (Å²) in [7, 11) is 0. The molecule has 3 rings (SSSR count). The third-order valence-electron chi connectivity index (χ3n) is 3.84. The summed E-state index contributed by atoms with van der Waals surface area (Å²) in [5, 5.41) is 7.92. The molecule has 2 aromatic rings. The van der Waals surface area contributed by atoms with Crippen LogP contribution < -0.4 is 0 Å². The van der Waals surface area contributed by atoms with Crippen molar-refractivity contribution in [1.29, 1.82) is 0 Å². The molecule has 1 aromatic heterocycles. The minimum absolute atomic E-state index is 0.141. The van der Waals surface area contributed by atoms with E-state index in [0.29, 0.717) is 5.92 Å². The summed E-state index contributed by atoms with van der Waals surface area (Å²) in [6.07, 6.45) is 4.06. The molecule has 0 spiro atoms. The fraction of sp³-hybridized carbons (Fsp3) is 0.429. The highest BCUT2D eigenvalue weighted by atomic mass is 16.2. The zero-order valence-electron chi connectivity index (χ0n) is 10.5. The van der Waals surface area contributed by atoms with Gasteiger partial charge in [0.1, 0.15) is 0 Å². The lowest BCUT2D eigenvalue weighted by Crippen LogP contribution is -2.28. The molecule has 1 atom stereocenters. The first-order chi connectivity index (χ1) is 8.78. The Balaban J connectivity index is 1.83. The van der Waals surface area contributed by atoms with Crippen molar-refractivity contribution in [1.82, 2.24) is 15.1 Å². The average Bonchev–Trinajstić information content (AvgIpc) is 3.05. The number of hydrogen-bond acceptors (Lipinski definition) is 2. The number of amides is 1. The maximum Gasteiger partial charge on any atom is 0.253 e. The molecule has 2 heterocycles. The van der Waals surface area contributed by atoms with Gasteiger partial charge in [-0.25, -0.2) is 0 Å². The molecular formula is C14H17N3O. The monoisotopic (exact) mass is 243 g/mol. The van der Waals surface area contributed by atoms with E-state index in [0.717, 1.165) is 42.4 Å². The van der Waals surface area contributed by atoms with Crippen LogP contribution in [0.5, 0.6) is 0 Å². The van der Waals surface area contributed by atoms with Crippen molar-refractivity contribution in [3.05, 3.63) is 30.0 Å². The summed E-state index contributed by atoms with van der Waals surface area (Å²) in [6, 6.07) is 5.73. The standard InChI is InChI=1S/C14H17N3O/c1-2-10-5-6-17(9-10)14(18)11-3-4-12-8-15-16-13(12)7-11/h3-4,7-8,10H,2,5-6,9H2,1H3,(H,15,16). The maximum absolute atomic E-state index is 12.4. The van der Waals surface area contributed by atoms with E-state index in [-0.39, 0.29) is 5.91 Å². The zero-order chi connectivity index (χ0) is 12.5. The smallest absolute Gasteiger partial charge is 0.253 e. The lowest BCUT2D eigenvalue weighted by Gasteiger charge is -2.16. The van der Waals surface area contributed by atoms with Gasteiger partial charge in [-0.2, -0.15) is 5.10 Å². The summed E-state index contributed by atoms with van der Waals surface area (Å²) < 4.78 is 0. The third-order valence-corrected chi connectivity index (χ3v) is 3.84. The van der Waals surface area contributed by atoms with Crippen molar-refractivity contribution in [2.75, 3.05) is 13.1 Å². The van der Waals surface area contributed by atoms with Crippen LogP contribution in [0.2, 0.25) is 0 Å². The van der Waals surface area contributed by atoms with Crippen molar-refractivity contribution in [3.63, 3.8) is 0 Å². The summed E-state index contributed by atoms with van der Waals surface area (Å²) in [5.41, 5.74) is 1.68. The molecule has 94 valence electrons. The molecule has 1 unspecified atom stereocenters. The number of nitrogens with one attached hydrogen (secondary N) is 1. The number of nitrogens with zero attached hydrogens (tertiary/aromatic N) is 2. The molecule has 4 nitrogen and oxygen atoms in total. The summed E-state index contributed by atoms with van der Waals surface area (Å²) in [6.45, 7) is 3.98. The van der Waals surface area contributed by atoms with Gasteiger partial charge in [0.15, 0.2) is 0 Å². The second-order valence-corrected chi connectivity index (χ2v) is 4.99. The fourth-order valence-corrected chi connectivity index (χ4v) is 2.60. The predicted octanol–water partition coefficient (Wildman–Crippen LogP) is 2.44. The van der Waals surface area contributed by atoms with E-state index in [4.69, 9.17) is 0 Å². The molecule has 4 heteroatoms. The molecule has 1 aromatic carbocycles. The Morgan fingerprint density at radius 1 is 1.56 bits per heavy atom. The number of hydrogen-bond donors (Lipinski definition) is 1. The van der Waals surface area contributed by atoms with E-state index in [2.05, 4.69) is 17.1 Å². The van der Waals surface area contributed by atoms with Gasteiger partial charge in [-0.3, -0.25) is 9.89 Å². The van der Waals surface area contributed by atoms with Crippen LogP contribution in [-0.4, -0.2) is 34.1 Å². The van der Waals surface area contributed by atoms with E-state index >= 15 is 0 Å². The van der Waals surface area contributed by atoms with Crippen molar-refractivity contribution in [3.8, 4) is 0 Å². The normalized spacial score (nSPS) is 19.6. The lowest BCUT2D eigenvalue weighted by atomic mass is 10.1. The molecule has 1 fully saturated rings. The SMILES string of the molecule is CCC1CCN(C(=O)c2ccc3cn[nH]c3c2)C1. The molecule has 0 bridgehead atoms. The number of benzene rings is 1. The Bertz CT molecular complexity index is 575. The quantitative estimate of drug-likeness (QED) is 0.880. The molecule has 0 radical (unpaired) electrons. The molecule has 18 heavy (non-hydrogen) atoms. The number of carbonyl (C=O) groups excluding carboxylic acids is 1. The number of carbonyl (C=O) groups is 1. The zero-order valence-corrected chi connectivity index (χ0v) is 10.5. The van der Waals surface area contributed by atoms with Crippen LogP contribution in [0.1, 0.15) is 30.1 Å². The second-order valence-electron chi connectivity index (χ2n) is 4.99. The minimum atomic E-state index is 0.141. The Morgan fingerprint density at radius 2 is 2.44 bits per heavy atom. The van der Waals surface area contributed by atoms with Crippen molar-refractivity contribution in [2.24, 2.45) is 5.92 Å². The summed E-state index contributed by atoms with van der Waals surface area (Å²) >= 11 is 0. The Hall–Kier alpha value is -1.84. The van der Waals surface area contributed by atoms with Gasteiger partial charge in [-0.15, -0.1) is 0 Å². The van der Waals surface area contributed by atoms with E-state index in [1.54, 1.807) is 6.20 Å². The van der Waals surface area contributed by atoms with Crippen LogP contribution in [0.4, 0.5) is 0 Å². The highest BCUT2D eigenvalue weighted by Gasteiger charge is 2.25. The number of H-pyrrole nitrogens is 1. The van der Waals surface area contributed by atoms with E-state index in [1.165, 1.54) is 0 Å². The van der Waals surface area contributed by atoms with Gasteiger partial charge in [-0.1, -0.05) is 19.4 Å². The Morgan fingerprint density at radius 3 is 3.22 bits per heavy atom. The molecule has 1 N–H and O–H groups in total. The molecule has 1 amide bonds. The maximum atomic E-state index is 12.4. The molecule has 1 aliphatic heterocycles. The lowest BCUT2D eigenvalue weighted by molar-refractivity contribution is 0.0787. The number of rotatable bonds is 2. The number of aromatic nitrogens is 2. The Kier molecular flexibility index (Phi) is 2.78. The van der Waals surface area contributed by atoms with Gasteiger partial charge < -0.3 is 4.90 Å². The van der Waals surface area contributed by atoms with E-state index < -0.39 is 0 Å². The summed E-state index contributed by atoms with van der Waals surface area (Å²) in [5.74, 6) is 0.812. The first-order valence-electron chi connectivity index (χ1n) is 6.50. The van der Waals surface area contributed by atoms with E-state index in [9.17, 15) is 4.79 Å². The van der Waals surface area contributed by atoms with Gasteiger partial charge in [-0.05, 0) is 24.5 Å². The first-order valence-corrected chi connectivity index (χ1v) is 6.50. The van der Waals surface area contributed by atoms with Crippen molar-refractivity contribution in [2.45, 2.75) is 19.8 Å². The number of aromatic amines is 1. The molecule has 1 aliphatic rings. The molecule has 0 aliphatic carbocycles. The first kappa shape index (κ1) is 11.3. The molecular weight excluding hydrogens is 226 g/mol. The van der Waals surface area contributed by atoms with Crippen LogP contribution in [0.25, 0.3) is 10.9 Å². The van der Waals surface area contributed by atoms with Gasteiger partial charge in [0, 0.05) is 24.0 Å². The Labute approximate surface area is 106 Å². The molecule has 0 saturated carbocycles. The average molecular weight is 243 g/mol. The third kappa shape index (κ3) is 1.88.